The number of hydrogen-bond donors (Lipinski definition) is 0. The van der Waals surface area contributed by atoms with E-state index in [4.69, 9.17) is 23.6 Å². The van der Waals surface area contributed by atoms with Gasteiger partial charge in [-0.3, -0.25) is 0 Å². The predicted octanol–water partition coefficient (Wildman–Crippen LogP) is 5.91. The summed E-state index contributed by atoms with van der Waals surface area (Å²) in [4.78, 5) is 0. The summed E-state index contributed by atoms with van der Waals surface area (Å²) in [5.74, 6) is 0. The summed E-state index contributed by atoms with van der Waals surface area (Å²) in [6, 6.07) is 0. The highest BCUT2D eigenvalue weighted by Gasteiger charge is 2.33. The Labute approximate surface area is 112 Å². The Balaban J connectivity index is 4.46. The lowest BCUT2D eigenvalue weighted by atomic mass is 9.83. The zero-order valence-corrected chi connectivity index (χ0v) is 12.6. The fourth-order valence-corrected chi connectivity index (χ4v) is 2.65. The molecule has 98 valence electrons. The molecule has 0 unspecified atom stereocenters. The lowest BCUT2D eigenvalue weighted by Gasteiger charge is -2.36. The average molecular weight is 268 g/mol. The molecule has 0 aromatic heterocycles. The van der Waals surface area contributed by atoms with E-state index in [0.717, 1.165) is 19.3 Å². The molecule has 3 heteroatoms. The van der Waals surface area contributed by atoms with Crippen molar-refractivity contribution in [2.24, 2.45) is 0 Å². The van der Waals surface area contributed by atoms with Gasteiger partial charge in [0, 0.05) is 0 Å². The molecule has 0 aliphatic rings. The predicted molar refractivity (Wildman–Crippen MR) is 74.9 cm³/mol. The second-order valence-corrected chi connectivity index (χ2v) is 5.62. The van der Waals surface area contributed by atoms with Crippen molar-refractivity contribution >= 4 is 23.6 Å². The molecule has 1 nitrogen and oxygen atoms in total. The Morgan fingerprint density at radius 2 is 1.06 bits per heavy atom. The molecule has 0 saturated heterocycles. The molecule has 0 rings (SSSR count). The zero-order valence-electron chi connectivity index (χ0n) is 11.1. The molecule has 0 atom stereocenters. The van der Waals surface area contributed by atoms with Crippen LogP contribution in [0.15, 0.2) is 0 Å². The molecular weight excluding hydrogens is 241 g/mol. The minimum Gasteiger partial charge on any atom is -0.126 e. The first-order chi connectivity index (χ1) is 7.63. The summed E-state index contributed by atoms with van der Waals surface area (Å²) >= 11 is 12.2. The van der Waals surface area contributed by atoms with Crippen molar-refractivity contribution in [1.82, 2.24) is 3.94 Å². The van der Waals surface area contributed by atoms with Gasteiger partial charge in [0.2, 0.25) is 0 Å². The van der Waals surface area contributed by atoms with Gasteiger partial charge in [-0.2, -0.15) is 0 Å². The highest BCUT2D eigenvalue weighted by molar-refractivity contribution is 6.34. The van der Waals surface area contributed by atoms with Crippen LogP contribution in [0.4, 0.5) is 0 Å². The molecule has 0 spiro atoms. The van der Waals surface area contributed by atoms with Gasteiger partial charge < -0.3 is 0 Å². The van der Waals surface area contributed by atoms with Gasteiger partial charge >= 0.3 is 0 Å². The van der Waals surface area contributed by atoms with E-state index in [2.05, 4.69) is 20.8 Å². The first-order valence-electron chi connectivity index (χ1n) is 6.74. The zero-order chi connectivity index (χ0) is 12.4. The molecule has 0 bridgehead atoms. The minimum atomic E-state index is 0.0190. The van der Waals surface area contributed by atoms with Crippen molar-refractivity contribution in [2.45, 2.75) is 84.1 Å². The number of unbranched alkanes of at least 4 members (excludes halogenated alkanes) is 3. The molecule has 0 N–H and O–H groups in total. The van der Waals surface area contributed by atoms with E-state index < -0.39 is 0 Å². The smallest absolute Gasteiger partial charge is 0.0526 e. The van der Waals surface area contributed by atoms with Crippen LogP contribution < -0.4 is 0 Å². The lowest BCUT2D eigenvalue weighted by molar-refractivity contribution is 0.210. The third-order valence-corrected chi connectivity index (χ3v) is 4.06. The normalized spacial score (nSPS) is 12.4. The number of nitrogens with zero attached hydrogens (tertiary/aromatic N) is 1. The van der Waals surface area contributed by atoms with Gasteiger partial charge in [-0.05, 0) is 42.8 Å². The first kappa shape index (κ1) is 16.5. The van der Waals surface area contributed by atoms with E-state index in [-0.39, 0.29) is 5.54 Å². The van der Waals surface area contributed by atoms with Crippen LogP contribution >= 0.6 is 23.6 Å². The second-order valence-electron chi connectivity index (χ2n) is 4.77. The van der Waals surface area contributed by atoms with Gasteiger partial charge in [0.05, 0.1) is 5.54 Å². The molecule has 16 heavy (non-hydrogen) atoms. The first-order valence-corrected chi connectivity index (χ1v) is 7.42. The van der Waals surface area contributed by atoms with Crippen LogP contribution in [-0.4, -0.2) is 9.48 Å². The third kappa shape index (κ3) is 5.75. The van der Waals surface area contributed by atoms with Crippen molar-refractivity contribution in [2.75, 3.05) is 0 Å². The Hall–Kier alpha value is 0.540. The maximum atomic E-state index is 6.11. The fraction of sp³-hybridized carbons (Fsp3) is 1.00. The summed E-state index contributed by atoms with van der Waals surface area (Å²) in [5, 5.41) is 0. The van der Waals surface area contributed by atoms with E-state index in [1.165, 1.54) is 42.5 Å². The van der Waals surface area contributed by atoms with Crippen LogP contribution in [-0.2, 0) is 0 Å². The summed E-state index contributed by atoms with van der Waals surface area (Å²) < 4.78 is 1.45. The van der Waals surface area contributed by atoms with Crippen molar-refractivity contribution in [3.63, 3.8) is 0 Å². The third-order valence-electron chi connectivity index (χ3n) is 3.35. The molecular formula is C13H27Cl2N. The highest BCUT2D eigenvalue weighted by Crippen LogP contribution is 2.36. The SMILES string of the molecule is CCCCC(CCCC)(CCCC)N(Cl)Cl. The largest absolute Gasteiger partial charge is 0.126 e. The Morgan fingerprint density at radius 1 is 0.750 bits per heavy atom. The lowest BCUT2D eigenvalue weighted by Crippen LogP contribution is -2.38. The molecule has 0 radical (unpaired) electrons. The van der Waals surface area contributed by atoms with Crippen LogP contribution in [0.2, 0.25) is 0 Å². The quantitative estimate of drug-likeness (QED) is 0.445. The molecule has 0 aliphatic carbocycles. The van der Waals surface area contributed by atoms with Gasteiger partial charge in [-0.1, -0.05) is 59.3 Å². The fourth-order valence-electron chi connectivity index (χ4n) is 2.15. The van der Waals surface area contributed by atoms with Crippen LogP contribution in [0.3, 0.4) is 0 Å². The van der Waals surface area contributed by atoms with Gasteiger partial charge in [0.15, 0.2) is 0 Å². The molecule has 0 aliphatic heterocycles. The summed E-state index contributed by atoms with van der Waals surface area (Å²) in [6.07, 6.45) is 10.6. The van der Waals surface area contributed by atoms with Crippen LogP contribution in [0.25, 0.3) is 0 Å². The molecule has 0 aromatic rings. The van der Waals surface area contributed by atoms with Crippen molar-refractivity contribution in [3.8, 4) is 0 Å². The van der Waals surface area contributed by atoms with Crippen LogP contribution in [0.1, 0.15) is 78.6 Å². The van der Waals surface area contributed by atoms with Crippen molar-refractivity contribution < 1.29 is 0 Å². The van der Waals surface area contributed by atoms with Gasteiger partial charge in [0.25, 0.3) is 0 Å². The Kier molecular flexibility index (Phi) is 9.88. The Bertz CT molecular complexity index is 138. The number of halogens is 2. The average Bonchev–Trinajstić information content (AvgIpc) is 2.28. The number of rotatable bonds is 10. The van der Waals surface area contributed by atoms with Gasteiger partial charge in [-0.25, -0.2) is 0 Å². The van der Waals surface area contributed by atoms with E-state index >= 15 is 0 Å². The van der Waals surface area contributed by atoms with Gasteiger partial charge in [-0.15, -0.1) is 3.94 Å². The summed E-state index contributed by atoms with van der Waals surface area (Å²) in [5.41, 5.74) is 0.0190. The highest BCUT2D eigenvalue weighted by atomic mass is 35.5. The van der Waals surface area contributed by atoms with E-state index in [1.54, 1.807) is 0 Å². The Morgan fingerprint density at radius 3 is 1.25 bits per heavy atom. The van der Waals surface area contributed by atoms with Crippen molar-refractivity contribution in [1.29, 1.82) is 0 Å². The second kappa shape index (κ2) is 9.56. The topological polar surface area (TPSA) is 3.24 Å². The molecule has 0 fully saturated rings. The van der Waals surface area contributed by atoms with Crippen molar-refractivity contribution in [3.05, 3.63) is 0 Å². The maximum absolute atomic E-state index is 6.11. The van der Waals surface area contributed by atoms with Crippen LogP contribution in [0.5, 0.6) is 0 Å². The minimum absolute atomic E-state index is 0.0190. The molecule has 0 saturated carbocycles. The van der Waals surface area contributed by atoms with E-state index in [1.807, 2.05) is 0 Å². The van der Waals surface area contributed by atoms with E-state index in [0.29, 0.717) is 0 Å². The van der Waals surface area contributed by atoms with Gasteiger partial charge in [0.1, 0.15) is 0 Å². The summed E-state index contributed by atoms with van der Waals surface area (Å²) in [6.45, 7) is 6.66. The number of hydrogen-bond acceptors (Lipinski definition) is 1. The molecule has 0 aromatic carbocycles. The molecule has 0 heterocycles. The standard InChI is InChI=1S/C13H27Cl2N/c1-4-7-10-13(16(14)15,11-8-5-2)12-9-6-3/h4-12H2,1-3H3. The van der Waals surface area contributed by atoms with E-state index in [9.17, 15) is 0 Å². The molecule has 0 amide bonds. The van der Waals surface area contributed by atoms with Crippen LogP contribution in [0, 0.1) is 0 Å². The maximum Gasteiger partial charge on any atom is 0.0526 e. The summed E-state index contributed by atoms with van der Waals surface area (Å²) in [7, 11) is 0. The monoisotopic (exact) mass is 267 g/mol.